The highest BCUT2D eigenvalue weighted by Gasteiger charge is 2.11. The van der Waals surface area contributed by atoms with Crippen molar-refractivity contribution >= 4 is 61.9 Å². The van der Waals surface area contributed by atoms with Crippen LogP contribution in [0.15, 0.2) is 59.0 Å². The molecule has 0 saturated heterocycles. The summed E-state index contributed by atoms with van der Waals surface area (Å²) in [5.41, 5.74) is 2.88. The fourth-order valence-corrected chi connectivity index (χ4v) is 4.47. The summed E-state index contributed by atoms with van der Waals surface area (Å²) in [5.74, 6) is 0.840. The van der Waals surface area contributed by atoms with Crippen LogP contribution in [0.4, 0.5) is 5.13 Å². The molecule has 1 amide bonds. The number of unbranched alkanes of at least 4 members (excludes halogenated alkanes) is 1. The Balaban J connectivity index is 1.43. The minimum Gasteiger partial charge on any atom is -0.457 e. The van der Waals surface area contributed by atoms with Gasteiger partial charge in [0, 0.05) is 11.6 Å². The van der Waals surface area contributed by atoms with Crippen LogP contribution in [-0.2, 0) is 11.2 Å². The maximum absolute atomic E-state index is 12.3. The normalized spacial score (nSPS) is 11.5. The van der Waals surface area contributed by atoms with E-state index in [0.717, 1.165) is 29.5 Å². The summed E-state index contributed by atoms with van der Waals surface area (Å²) in [7, 11) is 0. The van der Waals surface area contributed by atoms with Gasteiger partial charge in [-0.05, 0) is 60.9 Å². The lowest BCUT2D eigenvalue weighted by Gasteiger charge is -2.01. The zero-order valence-electron chi connectivity index (χ0n) is 16.8. The lowest BCUT2D eigenvalue weighted by molar-refractivity contribution is -0.111. The molecule has 0 spiro atoms. The predicted octanol–water partition coefficient (Wildman–Crippen LogP) is 7.86. The molecular weight excluding hydrogens is 451 g/mol. The predicted molar refractivity (Wildman–Crippen MR) is 130 cm³/mol. The van der Waals surface area contributed by atoms with Gasteiger partial charge in [0.1, 0.15) is 11.5 Å². The highest BCUT2D eigenvalue weighted by atomic mass is 35.5. The molecule has 0 aliphatic carbocycles. The summed E-state index contributed by atoms with van der Waals surface area (Å²) in [4.78, 5) is 16.8. The number of benzene rings is 2. The van der Waals surface area contributed by atoms with Crippen molar-refractivity contribution in [1.82, 2.24) is 4.98 Å². The highest BCUT2D eigenvalue weighted by molar-refractivity contribution is 7.22. The second-order valence-electron chi connectivity index (χ2n) is 7.05. The molecule has 0 aliphatic rings. The smallest absolute Gasteiger partial charge is 0.250 e. The van der Waals surface area contributed by atoms with Gasteiger partial charge in [-0.2, -0.15) is 0 Å². The summed E-state index contributed by atoms with van der Waals surface area (Å²) < 4.78 is 6.85. The number of rotatable bonds is 7. The lowest BCUT2D eigenvalue weighted by Crippen LogP contribution is -2.07. The molecule has 0 unspecified atom stereocenters. The first-order valence-electron chi connectivity index (χ1n) is 9.96. The van der Waals surface area contributed by atoms with Crippen molar-refractivity contribution in [2.45, 2.75) is 26.2 Å². The van der Waals surface area contributed by atoms with E-state index in [4.69, 9.17) is 27.6 Å². The van der Waals surface area contributed by atoms with Crippen molar-refractivity contribution in [3.63, 3.8) is 0 Å². The quantitative estimate of drug-likeness (QED) is 0.279. The Hall–Kier alpha value is -2.60. The molecule has 2 aromatic heterocycles. The Morgan fingerprint density at radius 1 is 1.19 bits per heavy atom. The van der Waals surface area contributed by atoms with Crippen molar-refractivity contribution in [3.8, 4) is 11.3 Å². The second-order valence-corrected chi connectivity index (χ2v) is 8.87. The number of nitrogens with zero attached hydrogens (tertiary/aromatic N) is 1. The monoisotopic (exact) mass is 470 g/mol. The molecule has 2 aromatic carbocycles. The van der Waals surface area contributed by atoms with Gasteiger partial charge >= 0.3 is 0 Å². The Morgan fingerprint density at radius 3 is 2.90 bits per heavy atom. The van der Waals surface area contributed by atoms with E-state index in [1.165, 1.54) is 23.0 Å². The SMILES string of the molecule is CCCCc1ccc2nc(NC(=O)C=Cc3ccc(-c4cccc(Cl)c4Cl)o3)sc2c1. The number of anilines is 1. The van der Waals surface area contributed by atoms with Crippen molar-refractivity contribution in [2.75, 3.05) is 5.32 Å². The van der Waals surface area contributed by atoms with Crippen LogP contribution in [0.3, 0.4) is 0 Å². The van der Waals surface area contributed by atoms with Gasteiger partial charge in [0.15, 0.2) is 5.13 Å². The first kappa shape index (κ1) is 21.6. The van der Waals surface area contributed by atoms with Crippen LogP contribution in [0.5, 0.6) is 0 Å². The van der Waals surface area contributed by atoms with Gasteiger partial charge in [0.25, 0.3) is 0 Å². The van der Waals surface area contributed by atoms with E-state index in [2.05, 4.69) is 29.4 Å². The Kier molecular flexibility index (Phi) is 6.76. The van der Waals surface area contributed by atoms with E-state index in [1.54, 1.807) is 30.3 Å². The van der Waals surface area contributed by atoms with Gasteiger partial charge in [0.05, 0.1) is 20.3 Å². The van der Waals surface area contributed by atoms with Crippen LogP contribution in [0, 0.1) is 0 Å². The molecular formula is C24H20Cl2N2O2S. The minimum atomic E-state index is -0.274. The Bertz CT molecular complexity index is 1260. The molecule has 1 N–H and O–H groups in total. The van der Waals surface area contributed by atoms with Gasteiger partial charge in [-0.25, -0.2) is 4.98 Å². The lowest BCUT2D eigenvalue weighted by atomic mass is 10.1. The summed E-state index contributed by atoms with van der Waals surface area (Å²) in [6.07, 6.45) is 6.41. The fourth-order valence-electron chi connectivity index (χ4n) is 3.15. The van der Waals surface area contributed by atoms with Crippen molar-refractivity contribution in [2.24, 2.45) is 0 Å². The van der Waals surface area contributed by atoms with Crippen molar-refractivity contribution in [1.29, 1.82) is 0 Å². The molecule has 7 heteroatoms. The number of carbonyl (C=O) groups is 1. The molecule has 31 heavy (non-hydrogen) atoms. The van der Waals surface area contributed by atoms with E-state index in [1.807, 2.05) is 12.1 Å². The number of halogens is 2. The maximum atomic E-state index is 12.3. The van der Waals surface area contributed by atoms with Crippen LogP contribution < -0.4 is 5.32 Å². The number of carbonyl (C=O) groups excluding carboxylic acids is 1. The van der Waals surface area contributed by atoms with Gasteiger partial charge in [-0.1, -0.05) is 60.0 Å². The summed E-state index contributed by atoms with van der Waals surface area (Å²) in [6.45, 7) is 2.18. The van der Waals surface area contributed by atoms with Gasteiger partial charge in [-0.15, -0.1) is 0 Å². The van der Waals surface area contributed by atoms with Gasteiger partial charge < -0.3 is 4.42 Å². The number of nitrogens with one attached hydrogen (secondary N) is 1. The summed E-state index contributed by atoms with van der Waals surface area (Å²) in [6, 6.07) is 15.2. The Labute approximate surface area is 194 Å². The Morgan fingerprint density at radius 2 is 2.06 bits per heavy atom. The number of furan rings is 1. The van der Waals surface area contributed by atoms with E-state index in [9.17, 15) is 4.79 Å². The molecule has 0 radical (unpaired) electrons. The minimum absolute atomic E-state index is 0.274. The molecule has 4 rings (SSSR count). The molecule has 2 heterocycles. The zero-order chi connectivity index (χ0) is 21.8. The third-order valence-electron chi connectivity index (χ3n) is 4.74. The number of fused-ring (bicyclic) bond motifs is 1. The molecule has 0 fully saturated rings. The van der Waals surface area contributed by atoms with Crippen LogP contribution in [0.2, 0.25) is 10.0 Å². The zero-order valence-corrected chi connectivity index (χ0v) is 19.2. The van der Waals surface area contributed by atoms with Crippen molar-refractivity contribution in [3.05, 3.63) is 76.0 Å². The topological polar surface area (TPSA) is 55.1 Å². The molecule has 0 aliphatic heterocycles. The molecule has 0 atom stereocenters. The van der Waals surface area contributed by atoms with E-state index in [0.29, 0.717) is 32.3 Å². The van der Waals surface area contributed by atoms with E-state index in [-0.39, 0.29) is 5.91 Å². The third-order valence-corrected chi connectivity index (χ3v) is 6.50. The first-order chi connectivity index (χ1) is 15.0. The second kappa shape index (κ2) is 9.69. The molecule has 158 valence electrons. The molecule has 0 bridgehead atoms. The fraction of sp³-hybridized carbons (Fsp3) is 0.167. The average Bonchev–Trinajstić information content (AvgIpc) is 3.38. The summed E-state index contributed by atoms with van der Waals surface area (Å²) >= 11 is 13.8. The molecule has 4 nitrogen and oxygen atoms in total. The largest absolute Gasteiger partial charge is 0.457 e. The van der Waals surface area contributed by atoms with Crippen molar-refractivity contribution < 1.29 is 9.21 Å². The van der Waals surface area contributed by atoms with Crippen LogP contribution in [0.25, 0.3) is 27.6 Å². The molecule has 4 aromatic rings. The molecule has 0 saturated carbocycles. The number of hydrogen-bond donors (Lipinski definition) is 1. The van der Waals surface area contributed by atoms with Crippen LogP contribution in [0.1, 0.15) is 31.1 Å². The maximum Gasteiger partial charge on any atom is 0.250 e. The average molecular weight is 471 g/mol. The number of aromatic nitrogens is 1. The first-order valence-corrected chi connectivity index (χ1v) is 11.5. The third kappa shape index (κ3) is 5.18. The number of amides is 1. The summed E-state index contributed by atoms with van der Waals surface area (Å²) in [5, 5.41) is 4.28. The number of aryl methyl sites for hydroxylation is 1. The number of hydrogen-bond acceptors (Lipinski definition) is 4. The standard InChI is InChI=1S/C24H20Cl2N2O2S/c1-2-3-5-15-8-11-19-21(14-15)31-24(27-19)28-22(29)13-10-16-9-12-20(30-16)17-6-4-7-18(25)23(17)26/h4,6-14H,2-3,5H2,1H3,(H,27,28,29). The van der Waals surface area contributed by atoms with Gasteiger partial charge in [0.2, 0.25) is 5.91 Å². The van der Waals surface area contributed by atoms with Gasteiger partial charge in [-0.3, -0.25) is 10.1 Å². The van der Waals surface area contributed by atoms with E-state index >= 15 is 0 Å². The number of thiazole rings is 1. The van der Waals surface area contributed by atoms with Crippen LogP contribution >= 0.6 is 34.5 Å². The van der Waals surface area contributed by atoms with Crippen LogP contribution in [-0.4, -0.2) is 10.9 Å². The van der Waals surface area contributed by atoms with E-state index < -0.39 is 0 Å². The highest BCUT2D eigenvalue weighted by Crippen LogP contribution is 2.34.